The molecule has 0 aliphatic heterocycles. The zero-order valence-corrected chi connectivity index (χ0v) is 13.7. The largest absolute Gasteiger partial charge is 0.366 e. The lowest BCUT2D eigenvalue weighted by atomic mass is 9.97. The molecule has 0 saturated heterocycles. The Labute approximate surface area is 132 Å². The Bertz CT molecular complexity index is 677. The lowest BCUT2D eigenvalue weighted by molar-refractivity contribution is 0.551. The van der Waals surface area contributed by atoms with Gasteiger partial charge in [0, 0.05) is 13.6 Å². The van der Waals surface area contributed by atoms with Crippen LogP contribution in [0.15, 0.2) is 41.4 Å². The first kappa shape index (κ1) is 16.2. The number of hydrogen-bond acceptors (Lipinski definition) is 1. The minimum Gasteiger partial charge on any atom is -0.366 e. The van der Waals surface area contributed by atoms with Crippen molar-refractivity contribution in [1.82, 2.24) is 4.90 Å². The summed E-state index contributed by atoms with van der Waals surface area (Å²) >= 11 is 0. The fourth-order valence-corrected chi connectivity index (χ4v) is 2.25. The lowest BCUT2D eigenvalue weighted by Crippen LogP contribution is -2.14. The summed E-state index contributed by atoms with van der Waals surface area (Å²) in [6.07, 6.45) is 2.41. The van der Waals surface area contributed by atoms with Crippen molar-refractivity contribution in [2.45, 2.75) is 27.2 Å². The van der Waals surface area contributed by atoms with Crippen LogP contribution in [0, 0.1) is 19.7 Å². The van der Waals surface area contributed by atoms with Crippen LogP contribution >= 0.6 is 0 Å². The molecule has 0 atom stereocenters. The number of aryl methyl sites for hydroxylation is 2. The maximum absolute atomic E-state index is 14.3. The summed E-state index contributed by atoms with van der Waals surface area (Å²) in [6.45, 7) is 6.96. The van der Waals surface area contributed by atoms with Gasteiger partial charge in [0.05, 0.1) is 6.34 Å². The number of benzene rings is 2. The predicted molar refractivity (Wildman–Crippen MR) is 91.6 cm³/mol. The molecule has 116 valence electrons. The molecular formula is C19H23FN2. The first-order chi connectivity index (χ1) is 10.5. The highest BCUT2D eigenvalue weighted by atomic mass is 19.1. The topological polar surface area (TPSA) is 15.6 Å². The Morgan fingerprint density at radius 2 is 1.82 bits per heavy atom. The van der Waals surface area contributed by atoms with Crippen molar-refractivity contribution in [3.8, 4) is 0 Å². The van der Waals surface area contributed by atoms with Crippen molar-refractivity contribution in [1.29, 1.82) is 0 Å². The highest BCUT2D eigenvalue weighted by Gasteiger charge is 2.08. The van der Waals surface area contributed by atoms with Crippen LogP contribution in [0.3, 0.4) is 0 Å². The average Bonchev–Trinajstić information content (AvgIpc) is 2.51. The molecule has 0 saturated carbocycles. The normalized spacial score (nSPS) is 11.1. The van der Waals surface area contributed by atoms with Gasteiger partial charge in [-0.15, -0.1) is 0 Å². The zero-order valence-electron chi connectivity index (χ0n) is 13.7. The predicted octanol–water partition coefficient (Wildman–Crippen LogP) is 4.64. The fourth-order valence-electron chi connectivity index (χ4n) is 2.25. The summed E-state index contributed by atoms with van der Waals surface area (Å²) in [7, 11) is 1.92. The molecule has 0 unspecified atom stereocenters. The van der Waals surface area contributed by atoms with Crippen LogP contribution in [-0.2, 0) is 6.42 Å². The Balaban J connectivity index is 2.27. The van der Waals surface area contributed by atoms with Gasteiger partial charge in [-0.2, -0.15) is 0 Å². The first-order valence-corrected chi connectivity index (χ1v) is 7.59. The van der Waals surface area contributed by atoms with Crippen LogP contribution in [-0.4, -0.2) is 24.8 Å². The summed E-state index contributed by atoms with van der Waals surface area (Å²) < 4.78 is 14.3. The molecule has 0 heterocycles. The molecule has 3 heteroatoms. The number of nitrogens with zero attached hydrogens (tertiary/aromatic N) is 2. The average molecular weight is 298 g/mol. The summed E-state index contributed by atoms with van der Waals surface area (Å²) in [4.78, 5) is 6.14. The molecule has 0 N–H and O–H groups in total. The van der Waals surface area contributed by atoms with Gasteiger partial charge in [0.2, 0.25) is 0 Å². The smallest absolute Gasteiger partial charge is 0.149 e. The summed E-state index contributed by atoms with van der Waals surface area (Å²) in [5.74, 6) is -0.269. The van der Waals surface area contributed by atoms with Gasteiger partial charge < -0.3 is 4.90 Å². The van der Waals surface area contributed by atoms with Gasteiger partial charge in [0.15, 0.2) is 0 Å². The van der Waals surface area contributed by atoms with E-state index in [1.165, 1.54) is 11.1 Å². The van der Waals surface area contributed by atoms with Crippen molar-refractivity contribution >= 4 is 12.0 Å². The van der Waals surface area contributed by atoms with E-state index in [1.54, 1.807) is 12.4 Å². The molecule has 0 radical (unpaired) electrons. The molecule has 2 aromatic rings. The maximum atomic E-state index is 14.3. The molecule has 0 aromatic heterocycles. The summed E-state index contributed by atoms with van der Waals surface area (Å²) in [5, 5.41) is 0. The van der Waals surface area contributed by atoms with Gasteiger partial charge >= 0.3 is 0 Å². The number of halogens is 1. The Kier molecular flexibility index (Phi) is 5.31. The molecule has 2 aromatic carbocycles. The molecule has 0 spiro atoms. The van der Waals surface area contributed by atoms with Crippen molar-refractivity contribution in [3.05, 3.63) is 64.5 Å². The van der Waals surface area contributed by atoms with Crippen LogP contribution in [0.25, 0.3) is 0 Å². The zero-order chi connectivity index (χ0) is 16.1. The van der Waals surface area contributed by atoms with Crippen LogP contribution in [0.2, 0.25) is 0 Å². The highest BCUT2D eigenvalue weighted by Crippen LogP contribution is 2.25. The van der Waals surface area contributed by atoms with Crippen molar-refractivity contribution in [2.24, 2.45) is 4.99 Å². The van der Waals surface area contributed by atoms with E-state index in [0.717, 1.165) is 24.1 Å². The van der Waals surface area contributed by atoms with E-state index < -0.39 is 0 Å². The van der Waals surface area contributed by atoms with E-state index in [1.807, 2.05) is 44.0 Å². The Hall–Kier alpha value is -2.16. The molecule has 22 heavy (non-hydrogen) atoms. The SMILES string of the molecule is CCN(C)C=Nc1cc(C)c(Cc2ccccc2C)cc1F. The van der Waals surface area contributed by atoms with E-state index in [4.69, 9.17) is 0 Å². The third-order valence-electron chi connectivity index (χ3n) is 3.94. The molecular weight excluding hydrogens is 275 g/mol. The Morgan fingerprint density at radius 3 is 2.50 bits per heavy atom. The van der Waals surface area contributed by atoms with E-state index in [0.29, 0.717) is 5.69 Å². The second kappa shape index (κ2) is 7.21. The summed E-state index contributed by atoms with van der Waals surface area (Å²) in [6, 6.07) is 11.7. The fraction of sp³-hybridized carbons (Fsp3) is 0.316. The van der Waals surface area contributed by atoms with Gasteiger partial charge in [-0.25, -0.2) is 9.38 Å². The van der Waals surface area contributed by atoms with Crippen LogP contribution in [0.4, 0.5) is 10.1 Å². The Morgan fingerprint density at radius 1 is 1.09 bits per heavy atom. The molecule has 0 aliphatic carbocycles. The molecule has 0 aliphatic rings. The molecule has 2 rings (SSSR count). The second-order valence-electron chi connectivity index (χ2n) is 5.65. The first-order valence-electron chi connectivity index (χ1n) is 7.59. The van der Waals surface area contributed by atoms with Crippen molar-refractivity contribution in [3.63, 3.8) is 0 Å². The minimum absolute atomic E-state index is 0.269. The number of hydrogen-bond donors (Lipinski definition) is 0. The maximum Gasteiger partial charge on any atom is 0.149 e. The molecule has 0 fully saturated rings. The number of aliphatic imine (C=N–C) groups is 1. The molecule has 0 amide bonds. The second-order valence-corrected chi connectivity index (χ2v) is 5.65. The van der Waals surface area contributed by atoms with Gasteiger partial charge in [-0.3, -0.25) is 0 Å². The van der Waals surface area contributed by atoms with Crippen LogP contribution < -0.4 is 0 Å². The van der Waals surface area contributed by atoms with E-state index >= 15 is 0 Å². The van der Waals surface area contributed by atoms with Gasteiger partial charge in [-0.05, 0) is 61.6 Å². The highest BCUT2D eigenvalue weighted by molar-refractivity contribution is 5.62. The minimum atomic E-state index is -0.269. The summed E-state index contributed by atoms with van der Waals surface area (Å²) in [5.41, 5.74) is 4.93. The van der Waals surface area contributed by atoms with E-state index in [2.05, 4.69) is 24.0 Å². The van der Waals surface area contributed by atoms with Gasteiger partial charge in [0.1, 0.15) is 11.5 Å². The van der Waals surface area contributed by atoms with Gasteiger partial charge in [-0.1, -0.05) is 24.3 Å². The quantitative estimate of drug-likeness (QED) is 0.580. The van der Waals surface area contributed by atoms with E-state index in [9.17, 15) is 4.39 Å². The third kappa shape index (κ3) is 3.94. The number of rotatable bonds is 5. The van der Waals surface area contributed by atoms with Gasteiger partial charge in [0.25, 0.3) is 0 Å². The van der Waals surface area contributed by atoms with Crippen LogP contribution in [0.5, 0.6) is 0 Å². The monoisotopic (exact) mass is 298 g/mol. The standard InChI is InChI=1S/C19H23FN2/c1-5-22(4)13-21-19-10-15(3)17(12-18(19)20)11-16-9-7-6-8-14(16)2/h6-10,12-13H,5,11H2,1-4H3. The van der Waals surface area contributed by atoms with E-state index in [-0.39, 0.29) is 5.82 Å². The third-order valence-corrected chi connectivity index (χ3v) is 3.94. The molecule has 2 nitrogen and oxygen atoms in total. The lowest BCUT2D eigenvalue weighted by Gasteiger charge is -2.11. The molecule has 0 bridgehead atoms. The van der Waals surface area contributed by atoms with Crippen molar-refractivity contribution in [2.75, 3.05) is 13.6 Å². The van der Waals surface area contributed by atoms with Crippen LogP contribution in [0.1, 0.15) is 29.2 Å². The van der Waals surface area contributed by atoms with Crippen molar-refractivity contribution < 1.29 is 4.39 Å².